The molecule has 4 unspecified atom stereocenters. The van der Waals surface area contributed by atoms with Gasteiger partial charge in [0.05, 0.1) is 12.0 Å². The van der Waals surface area contributed by atoms with Gasteiger partial charge in [-0.05, 0) is 30.2 Å². The number of nitrogens with zero attached hydrogens (tertiary/aromatic N) is 1. The molecule has 0 spiro atoms. The first kappa shape index (κ1) is 24.6. The number of Topliss-reactive ketones (excluding diaryl/α,β-unsaturated/α-hetero) is 1. The van der Waals surface area contributed by atoms with Crippen LogP contribution in [-0.4, -0.2) is 47.4 Å². The molecule has 0 radical (unpaired) electrons. The lowest BCUT2D eigenvalue weighted by Gasteiger charge is -2.30. The Morgan fingerprint density at radius 3 is 2.09 bits per heavy atom. The van der Waals surface area contributed by atoms with Gasteiger partial charge in [0, 0.05) is 23.6 Å². The fourth-order valence-corrected chi connectivity index (χ4v) is 5.13. The SMILES string of the molecule is COCC(=O)N1C(C(=O)O)C(c2ccc(Cl)cc2)C(C(=O)c2ccccc2)C1c1ccc(C)cc1. The van der Waals surface area contributed by atoms with Crippen molar-refractivity contribution in [3.05, 3.63) is 106 Å². The highest BCUT2D eigenvalue weighted by molar-refractivity contribution is 6.30. The largest absolute Gasteiger partial charge is 0.480 e. The third-order valence-corrected chi connectivity index (χ3v) is 6.76. The standard InChI is InChI=1S/C28H26ClNO5/c1-17-8-10-19(11-9-17)25-24(27(32)20-6-4-3-5-7-20)23(18-12-14-21(29)15-13-18)26(28(33)34)30(25)22(31)16-35-2/h3-15,23-26H,16H2,1-2H3,(H,33,34). The Bertz CT molecular complexity index is 1210. The second-order valence-electron chi connectivity index (χ2n) is 8.71. The number of ether oxygens (including phenoxy) is 1. The molecule has 0 saturated carbocycles. The summed E-state index contributed by atoms with van der Waals surface area (Å²) in [5, 5.41) is 10.9. The second-order valence-corrected chi connectivity index (χ2v) is 9.14. The number of carboxylic acid groups (broad SMARTS) is 1. The van der Waals surface area contributed by atoms with E-state index in [1.165, 1.54) is 12.0 Å². The Kier molecular flexibility index (Phi) is 7.34. The van der Waals surface area contributed by atoms with E-state index in [4.69, 9.17) is 16.3 Å². The van der Waals surface area contributed by atoms with Crippen molar-refractivity contribution in [2.75, 3.05) is 13.7 Å². The van der Waals surface area contributed by atoms with Crippen LogP contribution in [0.2, 0.25) is 5.02 Å². The molecule has 1 fully saturated rings. The molecule has 3 aromatic rings. The van der Waals surface area contributed by atoms with E-state index >= 15 is 0 Å². The monoisotopic (exact) mass is 491 g/mol. The van der Waals surface area contributed by atoms with Crippen LogP contribution in [0.4, 0.5) is 0 Å². The highest BCUT2D eigenvalue weighted by Gasteiger charge is 2.57. The number of ketones is 1. The molecule has 0 bridgehead atoms. The molecule has 3 aromatic carbocycles. The van der Waals surface area contributed by atoms with E-state index in [1.54, 1.807) is 48.5 Å². The molecule has 1 heterocycles. The van der Waals surface area contributed by atoms with Gasteiger partial charge in [0.15, 0.2) is 5.78 Å². The first-order valence-corrected chi connectivity index (χ1v) is 11.7. The lowest BCUT2D eigenvalue weighted by molar-refractivity contribution is -0.151. The molecule has 6 nitrogen and oxygen atoms in total. The summed E-state index contributed by atoms with van der Waals surface area (Å²) in [6.07, 6.45) is 0. The number of carboxylic acids is 1. The summed E-state index contributed by atoms with van der Waals surface area (Å²) in [5.74, 6) is -3.55. The molecular formula is C28H26ClNO5. The summed E-state index contributed by atoms with van der Waals surface area (Å²) in [5.41, 5.74) is 2.79. The highest BCUT2D eigenvalue weighted by Crippen LogP contribution is 2.51. The van der Waals surface area contributed by atoms with E-state index < -0.39 is 35.8 Å². The normalized spacial score (nSPS) is 21.6. The Morgan fingerprint density at radius 1 is 0.914 bits per heavy atom. The van der Waals surface area contributed by atoms with E-state index in [0.717, 1.165) is 5.56 Å². The van der Waals surface area contributed by atoms with Gasteiger partial charge in [-0.2, -0.15) is 0 Å². The number of likely N-dealkylation sites (tertiary alicyclic amines) is 1. The molecule has 1 aliphatic rings. The summed E-state index contributed by atoms with van der Waals surface area (Å²) in [6.45, 7) is 1.64. The van der Waals surface area contributed by atoms with Crippen LogP contribution in [-0.2, 0) is 14.3 Å². The minimum Gasteiger partial charge on any atom is -0.480 e. The smallest absolute Gasteiger partial charge is 0.327 e. The number of hydrogen-bond donors (Lipinski definition) is 1. The summed E-state index contributed by atoms with van der Waals surface area (Å²) in [6, 6.07) is 21.0. The average molecular weight is 492 g/mol. The molecule has 7 heteroatoms. The Morgan fingerprint density at radius 2 is 1.51 bits per heavy atom. The first-order valence-electron chi connectivity index (χ1n) is 11.3. The number of aryl methyl sites for hydroxylation is 1. The van der Waals surface area contributed by atoms with E-state index in [1.807, 2.05) is 37.3 Å². The fourth-order valence-electron chi connectivity index (χ4n) is 5.00. The second kappa shape index (κ2) is 10.4. The van der Waals surface area contributed by atoms with Crippen molar-refractivity contribution in [3.8, 4) is 0 Å². The van der Waals surface area contributed by atoms with E-state index in [9.17, 15) is 19.5 Å². The van der Waals surface area contributed by atoms with Crippen LogP contribution >= 0.6 is 11.6 Å². The molecule has 1 N–H and O–H groups in total. The summed E-state index contributed by atoms with van der Waals surface area (Å²) < 4.78 is 5.10. The van der Waals surface area contributed by atoms with Gasteiger partial charge in [-0.25, -0.2) is 4.79 Å². The van der Waals surface area contributed by atoms with Crippen LogP contribution in [0.25, 0.3) is 0 Å². The van der Waals surface area contributed by atoms with Crippen LogP contribution in [0, 0.1) is 12.8 Å². The topological polar surface area (TPSA) is 83.9 Å². The maximum Gasteiger partial charge on any atom is 0.327 e. The van der Waals surface area contributed by atoms with Crippen molar-refractivity contribution in [3.63, 3.8) is 0 Å². The van der Waals surface area contributed by atoms with Gasteiger partial charge in [0.25, 0.3) is 0 Å². The molecule has 1 amide bonds. The number of halogens is 1. The Balaban J connectivity index is 1.97. The van der Waals surface area contributed by atoms with Crippen LogP contribution in [0.1, 0.15) is 39.0 Å². The number of aliphatic carboxylic acids is 1. The van der Waals surface area contributed by atoms with Gasteiger partial charge in [-0.1, -0.05) is 83.9 Å². The van der Waals surface area contributed by atoms with Crippen molar-refractivity contribution in [2.24, 2.45) is 5.92 Å². The number of benzene rings is 3. The van der Waals surface area contributed by atoms with Crippen molar-refractivity contribution in [1.29, 1.82) is 0 Å². The number of rotatable bonds is 7. The predicted octanol–water partition coefficient (Wildman–Crippen LogP) is 4.91. The minimum absolute atomic E-state index is 0.227. The highest BCUT2D eigenvalue weighted by atomic mass is 35.5. The maximum atomic E-state index is 14.1. The van der Waals surface area contributed by atoms with Crippen LogP contribution in [0.5, 0.6) is 0 Å². The maximum absolute atomic E-state index is 14.1. The molecular weight excluding hydrogens is 466 g/mol. The van der Waals surface area contributed by atoms with Gasteiger partial charge >= 0.3 is 5.97 Å². The zero-order valence-corrected chi connectivity index (χ0v) is 20.2. The summed E-state index contributed by atoms with van der Waals surface area (Å²) >= 11 is 6.11. The molecule has 4 rings (SSSR count). The lowest BCUT2D eigenvalue weighted by Crippen LogP contribution is -2.45. The quantitative estimate of drug-likeness (QED) is 0.474. The summed E-state index contributed by atoms with van der Waals surface area (Å²) in [4.78, 5) is 41.5. The van der Waals surface area contributed by atoms with E-state index in [0.29, 0.717) is 21.7 Å². The van der Waals surface area contributed by atoms with Crippen LogP contribution in [0.3, 0.4) is 0 Å². The van der Waals surface area contributed by atoms with Gasteiger partial charge in [0.1, 0.15) is 12.6 Å². The van der Waals surface area contributed by atoms with Gasteiger partial charge in [-0.15, -0.1) is 0 Å². The lowest BCUT2D eigenvalue weighted by atomic mass is 9.76. The van der Waals surface area contributed by atoms with Crippen molar-refractivity contribution < 1.29 is 24.2 Å². The minimum atomic E-state index is -1.28. The molecule has 1 saturated heterocycles. The van der Waals surface area contributed by atoms with Crippen molar-refractivity contribution in [2.45, 2.75) is 24.9 Å². The molecule has 35 heavy (non-hydrogen) atoms. The van der Waals surface area contributed by atoms with Crippen molar-refractivity contribution in [1.82, 2.24) is 4.90 Å². The Labute approximate surface area is 209 Å². The molecule has 1 aliphatic heterocycles. The van der Waals surface area contributed by atoms with Gasteiger partial charge in [-0.3, -0.25) is 9.59 Å². The number of carbonyl (C=O) groups excluding carboxylic acids is 2. The third-order valence-electron chi connectivity index (χ3n) is 6.51. The number of carbonyl (C=O) groups is 3. The number of amides is 1. The summed E-state index contributed by atoms with van der Waals surface area (Å²) in [7, 11) is 1.38. The van der Waals surface area contributed by atoms with Crippen molar-refractivity contribution >= 4 is 29.3 Å². The van der Waals surface area contributed by atoms with Gasteiger partial charge < -0.3 is 14.7 Å². The number of methoxy groups -OCH3 is 1. The van der Waals surface area contributed by atoms with E-state index in [-0.39, 0.29) is 12.4 Å². The third kappa shape index (κ3) is 4.85. The van der Waals surface area contributed by atoms with Crippen LogP contribution in [0.15, 0.2) is 78.9 Å². The zero-order valence-electron chi connectivity index (χ0n) is 19.4. The molecule has 0 aliphatic carbocycles. The average Bonchev–Trinajstić information content (AvgIpc) is 3.22. The fraction of sp³-hybridized carbons (Fsp3) is 0.250. The predicted molar refractivity (Wildman–Crippen MR) is 133 cm³/mol. The zero-order chi connectivity index (χ0) is 25.1. The van der Waals surface area contributed by atoms with E-state index in [2.05, 4.69) is 0 Å². The Hall–Kier alpha value is -3.48. The van der Waals surface area contributed by atoms with Crippen LogP contribution < -0.4 is 0 Å². The number of hydrogen-bond acceptors (Lipinski definition) is 4. The molecule has 0 aromatic heterocycles. The van der Waals surface area contributed by atoms with Gasteiger partial charge in [0.2, 0.25) is 5.91 Å². The molecule has 180 valence electrons. The first-order chi connectivity index (χ1) is 16.8. The molecule has 4 atom stereocenters.